The quantitative estimate of drug-likeness (QED) is 0.290. The summed E-state index contributed by atoms with van der Waals surface area (Å²) in [7, 11) is 3.18. The van der Waals surface area contributed by atoms with Gasteiger partial charge in [0, 0.05) is 41.9 Å². The van der Waals surface area contributed by atoms with E-state index in [0.717, 1.165) is 28.3 Å². The number of hydrogen-bond acceptors (Lipinski definition) is 10. The third-order valence-corrected chi connectivity index (χ3v) is 6.59. The molecule has 10 nitrogen and oxygen atoms in total. The largest absolute Gasteiger partial charge is 0.494 e. The highest BCUT2D eigenvalue weighted by atomic mass is 35.5. The number of ether oxygens (including phenoxy) is 3. The summed E-state index contributed by atoms with van der Waals surface area (Å²) in [5, 5.41) is 11.6. The first-order valence-electron chi connectivity index (χ1n) is 11.1. The first kappa shape index (κ1) is 26.4. The van der Waals surface area contributed by atoms with Gasteiger partial charge in [0.15, 0.2) is 0 Å². The van der Waals surface area contributed by atoms with Gasteiger partial charge in [-0.3, -0.25) is 20.1 Å². The Bertz CT molecular complexity index is 1410. The molecule has 0 aliphatic heterocycles. The highest BCUT2D eigenvalue weighted by molar-refractivity contribution is 7.17. The van der Waals surface area contributed by atoms with Gasteiger partial charge in [-0.05, 0) is 50.3 Å². The molecule has 0 aliphatic carbocycles. The Balaban J connectivity index is 1.47. The molecule has 0 unspecified atom stereocenters. The summed E-state index contributed by atoms with van der Waals surface area (Å²) < 4.78 is 16.6. The summed E-state index contributed by atoms with van der Waals surface area (Å²) in [6.45, 7) is 5.96. The lowest BCUT2D eigenvalue weighted by Crippen LogP contribution is -2.19. The van der Waals surface area contributed by atoms with Crippen LogP contribution < -0.4 is 14.8 Å². The molecule has 12 heteroatoms. The molecule has 0 bridgehead atoms. The minimum Gasteiger partial charge on any atom is -0.494 e. The number of pyridine rings is 3. The van der Waals surface area contributed by atoms with Crippen LogP contribution in [0.25, 0.3) is 11.1 Å². The van der Waals surface area contributed by atoms with Crippen LogP contribution in [0.4, 0.5) is 5.13 Å². The van der Waals surface area contributed by atoms with Crippen LogP contribution in [-0.2, 0) is 16.9 Å². The molecule has 0 spiro atoms. The highest BCUT2D eigenvalue weighted by Crippen LogP contribution is 2.34. The van der Waals surface area contributed by atoms with Crippen molar-refractivity contribution in [3.8, 4) is 22.1 Å². The predicted octanol–water partition coefficient (Wildman–Crippen LogP) is 5.07. The molecule has 0 fully saturated rings. The lowest BCUT2D eigenvalue weighted by Gasteiger charge is -2.23. The lowest BCUT2D eigenvalue weighted by atomic mass is 10.00. The zero-order valence-electron chi connectivity index (χ0n) is 20.9. The van der Waals surface area contributed by atoms with Gasteiger partial charge in [0.25, 0.3) is 11.1 Å². The normalized spacial score (nSPS) is 11.3. The Kier molecular flexibility index (Phi) is 7.96. The number of hydrogen-bond donors (Lipinski definition) is 1. The van der Waals surface area contributed by atoms with Crippen LogP contribution in [0.1, 0.15) is 41.2 Å². The van der Waals surface area contributed by atoms with Crippen molar-refractivity contribution in [1.29, 1.82) is 0 Å². The van der Waals surface area contributed by atoms with Gasteiger partial charge in [0.1, 0.15) is 17.5 Å². The summed E-state index contributed by atoms with van der Waals surface area (Å²) in [6, 6.07) is 7.23. The molecule has 4 heterocycles. The zero-order chi connectivity index (χ0) is 26.6. The fraction of sp³-hybridized carbons (Fsp3) is 0.280. The average Bonchev–Trinajstić information content (AvgIpc) is 3.34. The first-order chi connectivity index (χ1) is 17.7. The predicted molar refractivity (Wildman–Crippen MR) is 140 cm³/mol. The number of aryl methyl sites for hydroxylation is 1. The smallest absolute Gasteiger partial charge is 0.296 e. The molecule has 4 rings (SSSR count). The molecule has 0 aliphatic rings. The van der Waals surface area contributed by atoms with Gasteiger partial charge in [-0.15, -0.1) is 5.10 Å². The second-order valence-electron chi connectivity index (χ2n) is 8.45. The SMILES string of the molecule is COc1cnc(Cl)cc1-c1cc(C)ncc1C(=O)Nc1nnc(OCc2ccc(C(C)(C)OC)cn2)s1. The third kappa shape index (κ3) is 6.19. The van der Waals surface area contributed by atoms with E-state index in [1.165, 1.54) is 19.5 Å². The van der Waals surface area contributed by atoms with Crippen LogP contribution in [0, 0.1) is 6.92 Å². The Labute approximate surface area is 223 Å². The van der Waals surface area contributed by atoms with Crippen molar-refractivity contribution in [2.45, 2.75) is 33.0 Å². The highest BCUT2D eigenvalue weighted by Gasteiger charge is 2.21. The van der Waals surface area contributed by atoms with Crippen LogP contribution in [0.3, 0.4) is 0 Å². The van der Waals surface area contributed by atoms with Crippen molar-refractivity contribution >= 4 is 34.0 Å². The van der Waals surface area contributed by atoms with Gasteiger partial charge in [0.2, 0.25) is 5.13 Å². The zero-order valence-corrected chi connectivity index (χ0v) is 22.5. The van der Waals surface area contributed by atoms with Crippen molar-refractivity contribution in [2.24, 2.45) is 0 Å². The third-order valence-electron chi connectivity index (χ3n) is 5.63. The van der Waals surface area contributed by atoms with E-state index in [1.807, 2.05) is 32.9 Å². The molecule has 0 atom stereocenters. The summed E-state index contributed by atoms with van der Waals surface area (Å²) in [5.74, 6) is 0.0567. The fourth-order valence-electron chi connectivity index (χ4n) is 3.36. The van der Waals surface area contributed by atoms with Gasteiger partial charge < -0.3 is 14.2 Å². The van der Waals surface area contributed by atoms with E-state index in [9.17, 15) is 4.79 Å². The standard InChI is InChI=1S/C25H25ClN6O4S/c1-14-8-17(18-9-21(26)29-12-20(18)34-4)19(11-27-14)22(33)30-23-31-32-24(37-23)36-13-16-7-6-15(10-28-16)25(2,3)35-5/h6-12H,13H2,1-5H3,(H,30,31,33). The number of rotatable bonds is 9. The van der Waals surface area contributed by atoms with E-state index < -0.39 is 11.5 Å². The molecule has 192 valence electrons. The number of amides is 1. The summed E-state index contributed by atoms with van der Waals surface area (Å²) >= 11 is 7.21. The minimum absolute atomic E-state index is 0.199. The molecular weight excluding hydrogens is 516 g/mol. The molecule has 1 amide bonds. The fourth-order valence-corrected chi connectivity index (χ4v) is 4.10. The topological polar surface area (TPSA) is 121 Å². The summed E-state index contributed by atoms with van der Waals surface area (Å²) in [6.07, 6.45) is 4.75. The molecule has 1 N–H and O–H groups in total. The van der Waals surface area contributed by atoms with Gasteiger partial charge in [-0.25, -0.2) is 4.98 Å². The van der Waals surface area contributed by atoms with Crippen molar-refractivity contribution in [2.75, 3.05) is 19.5 Å². The Hall–Kier alpha value is -3.67. The number of nitrogens with one attached hydrogen (secondary N) is 1. The molecule has 37 heavy (non-hydrogen) atoms. The van der Waals surface area contributed by atoms with Crippen LogP contribution in [-0.4, -0.2) is 45.3 Å². The molecular formula is C25H25ClN6O4S. The molecule has 4 aromatic rings. The number of anilines is 1. The maximum absolute atomic E-state index is 13.2. The van der Waals surface area contributed by atoms with Crippen LogP contribution >= 0.6 is 22.9 Å². The van der Waals surface area contributed by atoms with E-state index in [2.05, 4.69) is 30.5 Å². The Morgan fingerprint density at radius 1 is 1.05 bits per heavy atom. The van der Waals surface area contributed by atoms with E-state index >= 15 is 0 Å². The minimum atomic E-state index is -0.430. The Morgan fingerprint density at radius 2 is 1.86 bits per heavy atom. The van der Waals surface area contributed by atoms with Gasteiger partial charge in [-0.2, -0.15) is 0 Å². The monoisotopic (exact) mass is 540 g/mol. The molecule has 0 saturated heterocycles. The second-order valence-corrected chi connectivity index (χ2v) is 9.77. The van der Waals surface area contributed by atoms with Gasteiger partial charge in [-0.1, -0.05) is 22.8 Å². The van der Waals surface area contributed by atoms with Crippen molar-refractivity contribution in [1.82, 2.24) is 25.1 Å². The van der Waals surface area contributed by atoms with Crippen molar-refractivity contribution in [3.05, 3.63) is 70.5 Å². The lowest BCUT2D eigenvalue weighted by molar-refractivity contribution is 0.0189. The number of methoxy groups -OCH3 is 2. The van der Waals surface area contributed by atoms with Crippen LogP contribution in [0.5, 0.6) is 10.9 Å². The van der Waals surface area contributed by atoms with Crippen molar-refractivity contribution < 1.29 is 19.0 Å². The number of aromatic nitrogens is 5. The van der Waals surface area contributed by atoms with E-state index in [0.29, 0.717) is 27.6 Å². The first-order valence-corrected chi connectivity index (χ1v) is 12.3. The molecule has 0 radical (unpaired) electrons. The Morgan fingerprint density at radius 3 is 2.57 bits per heavy atom. The number of carbonyl (C=O) groups excluding carboxylic acids is 1. The van der Waals surface area contributed by atoms with Crippen LogP contribution in [0.2, 0.25) is 5.15 Å². The number of nitrogens with zero attached hydrogens (tertiary/aromatic N) is 5. The van der Waals surface area contributed by atoms with Gasteiger partial charge in [0.05, 0.1) is 30.2 Å². The number of halogens is 1. The summed E-state index contributed by atoms with van der Waals surface area (Å²) in [5.41, 5.74) is 3.49. The maximum atomic E-state index is 13.2. The van der Waals surface area contributed by atoms with Crippen molar-refractivity contribution in [3.63, 3.8) is 0 Å². The molecule has 0 aromatic carbocycles. The average molecular weight is 541 g/mol. The number of carbonyl (C=O) groups is 1. The molecule has 4 aromatic heterocycles. The maximum Gasteiger partial charge on any atom is 0.296 e. The van der Waals surface area contributed by atoms with Crippen LogP contribution in [0.15, 0.2) is 42.9 Å². The van der Waals surface area contributed by atoms with E-state index in [4.69, 9.17) is 25.8 Å². The van der Waals surface area contributed by atoms with E-state index in [-0.39, 0.29) is 16.9 Å². The van der Waals surface area contributed by atoms with E-state index in [1.54, 1.807) is 25.4 Å². The molecule has 0 saturated carbocycles. The second kappa shape index (κ2) is 11.2. The van der Waals surface area contributed by atoms with Gasteiger partial charge >= 0.3 is 0 Å². The summed E-state index contributed by atoms with van der Waals surface area (Å²) in [4.78, 5) is 25.9.